The molecule has 0 unspecified atom stereocenters. The molecule has 0 saturated carbocycles. The average Bonchev–Trinajstić information content (AvgIpc) is 2.95. The van der Waals surface area contributed by atoms with E-state index in [9.17, 15) is 14.4 Å². The van der Waals surface area contributed by atoms with Gasteiger partial charge in [-0.25, -0.2) is 0 Å². The van der Waals surface area contributed by atoms with Gasteiger partial charge in [-0.05, 0) is 17.7 Å². The summed E-state index contributed by atoms with van der Waals surface area (Å²) in [5, 5.41) is 0. The SMILES string of the molecule is CC(=O)C(=O)CC(=O)c1ccc(SCc2ccccc2)s1. The van der Waals surface area contributed by atoms with Crippen LogP contribution in [0.3, 0.4) is 0 Å². The van der Waals surface area contributed by atoms with Crippen LogP contribution in [-0.4, -0.2) is 17.3 Å². The van der Waals surface area contributed by atoms with Gasteiger partial charge in [0.1, 0.15) is 0 Å². The molecule has 0 radical (unpaired) electrons. The van der Waals surface area contributed by atoms with E-state index in [1.807, 2.05) is 24.3 Å². The van der Waals surface area contributed by atoms with Gasteiger partial charge in [0.2, 0.25) is 5.78 Å². The summed E-state index contributed by atoms with van der Waals surface area (Å²) in [5.74, 6) is -0.654. The number of rotatable bonds is 7. The Morgan fingerprint density at radius 2 is 1.76 bits per heavy atom. The summed E-state index contributed by atoms with van der Waals surface area (Å²) in [7, 11) is 0. The molecular weight excluding hydrogens is 304 g/mol. The molecule has 0 saturated heterocycles. The minimum absolute atomic E-state index is 0.285. The highest BCUT2D eigenvalue weighted by molar-refractivity contribution is 8.00. The molecule has 108 valence electrons. The third kappa shape index (κ3) is 4.65. The van der Waals surface area contributed by atoms with Crippen molar-refractivity contribution >= 4 is 40.4 Å². The van der Waals surface area contributed by atoms with E-state index in [0.29, 0.717) is 4.88 Å². The number of carbonyl (C=O) groups is 3. The van der Waals surface area contributed by atoms with E-state index in [1.54, 1.807) is 17.8 Å². The van der Waals surface area contributed by atoms with Gasteiger partial charge < -0.3 is 0 Å². The Morgan fingerprint density at radius 3 is 2.43 bits per heavy atom. The zero-order valence-electron chi connectivity index (χ0n) is 11.5. The summed E-state index contributed by atoms with van der Waals surface area (Å²) in [6, 6.07) is 13.7. The zero-order chi connectivity index (χ0) is 15.2. The van der Waals surface area contributed by atoms with E-state index >= 15 is 0 Å². The summed E-state index contributed by atoms with van der Waals surface area (Å²) in [5.41, 5.74) is 1.22. The molecule has 0 N–H and O–H groups in total. The van der Waals surface area contributed by atoms with Crippen LogP contribution in [0.2, 0.25) is 0 Å². The van der Waals surface area contributed by atoms with Crippen LogP contribution in [0.15, 0.2) is 46.7 Å². The molecule has 2 rings (SSSR count). The second-order valence-corrected chi connectivity index (χ2v) is 6.83. The van der Waals surface area contributed by atoms with Crippen LogP contribution in [0.4, 0.5) is 0 Å². The molecule has 1 heterocycles. The monoisotopic (exact) mass is 318 g/mol. The van der Waals surface area contributed by atoms with E-state index < -0.39 is 11.6 Å². The van der Waals surface area contributed by atoms with Gasteiger partial charge in [-0.3, -0.25) is 14.4 Å². The summed E-state index contributed by atoms with van der Waals surface area (Å²) < 4.78 is 1.03. The van der Waals surface area contributed by atoms with Gasteiger partial charge in [-0.15, -0.1) is 23.1 Å². The first-order valence-electron chi connectivity index (χ1n) is 6.40. The first-order chi connectivity index (χ1) is 10.1. The van der Waals surface area contributed by atoms with Crippen molar-refractivity contribution in [2.75, 3.05) is 0 Å². The van der Waals surface area contributed by atoms with Crippen LogP contribution in [0.1, 0.15) is 28.6 Å². The molecule has 0 fully saturated rings. The predicted octanol–water partition coefficient (Wildman–Crippen LogP) is 3.77. The van der Waals surface area contributed by atoms with Gasteiger partial charge in [0.25, 0.3) is 0 Å². The lowest BCUT2D eigenvalue weighted by molar-refractivity contribution is -0.134. The number of Topliss-reactive ketones (excluding diaryl/α,β-unsaturated/α-hetero) is 3. The number of thiophene rings is 1. The Balaban J connectivity index is 1.93. The third-order valence-corrected chi connectivity index (χ3v) is 5.22. The Bertz CT molecular complexity index is 659. The van der Waals surface area contributed by atoms with Crippen molar-refractivity contribution in [2.24, 2.45) is 0 Å². The number of hydrogen-bond donors (Lipinski definition) is 0. The number of thioether (sulfide) groups is 1. The normalized spacial score (nSPS) is 10.3. The Hall–Kier alpha value is -1.72. The van der Waals surface area contributed by atoms with E-state index in [1.165, 1.54) is 23.8 Å². The maximum atomic E-state index is 11.9. The molecule has 0 bridgehead atoms. The van der Waals surface area contributed by atoms with Crippen LogP contribution in [0, 0.1) is 0 Å². The van der Waals surface area contributed by atoms with Gasteiger partial charge in [-0.1, -0.05) is 30.3 Å². The molecule has 21 heavy (non-hydrogen) atoms. The highest BCUT2D eigenvalue weighted by Crippen LogP contribution is 2.30. The highest BCUT2D eigenvalue weighted by atomic mass is 32.2. The topological polar surface area (TPSA) is 51.2 Å². The minimum Gasteiger partial charge on any atom is -0.293 e. The second kappa shape index (κ2) is 7.33. The smallest absolute Gasteiger partial charge is 0.205 e. The van der Waals surface area contributed by atoms with Gasteiger partial charge >= 0.3 is 0 Å². The summed E-state index contributed by atoms with van der Waals surface area (Å²) >= 11 is 3.02. The fraction of sp³-hybridized carbons (Fsp3) is 0.188. The Kier molecular flexibility index (Phi) is 5.47. The van der Waals surface area contributed by atoms with E-state index in [0.717, 1.165) is 9.96 Å². The lowest BCUT2D eigenvalue weighted by atomic mass is 10.1. The molecule has 3 nitrogen and oxygen atoms in total. The molecule has 1 aromatic heterocycles. The third-order valence-electron chi connectivity index (χ3n) is 2.79. The fourth-order valence-corrected chi connectivity index (χ4v) is 3.66. The van der Waals surface area contributed by atoms with Crippen LogP contribution in [0.5, 0.6) is 0 Å². The highest BCUT2D eigenvalue weighted by Gasteiger charge is 2.17. The van der Waals surface area contributed by atoms with Crippen molar-refractivity contribution in [3.8, 4) is 0 Å². The molecule has 0 aliphatic heterocycles. The lowest BCUT2D eigenvalue weighted by Crippen LogP contribution is -2.14. The molecular formula is C16H14O3S2. The molecule has 0 spiro atoms. The first-order valence-corrected chi connectivity index (χ1v) is 8.20. The molecule has 2 aromatic rings. The quantitative estimate of drug-likeness (QED) is 0.337. The van der Waals surface area contributed by atoms with E-state index in [-0.39, 0.29) is 12.2 Å². The van der Waals surface area contributed by atoms with E-state index in [4.69, 9.17) is 0 Å². The number of carbonyl (C=O) groups excluding carboxylic acids is 3. The molecule has 1 aromatic carbocycles. The maximum Gasteiger partial charge on any atom is 0.205 e. The number of hydrogen-bond acceptors (Lipinski definition) is 5. The van der Waals surface area contributed by atoms with Crippen molar-refractivity contribution in [3.05, 3.63) is 52.9 Å². The fourth-order valence-electron chi connectivity index (χ4n) is 1.63. The van der Waals surface area contributed by atoms with Gasteiger partial charge in [-0.2, -0.15) is 0 Å². The van der Waals surface area contributed by atoms with E-state index in [2.05, 4.69) is 12.1 Å². The average molecular weight is 318 g/mol. The van der Waals surface area contributed by atoms with Gasteiger partial charge in [0.05, 0.1) is 15.5 Å². The minimum atomic E-state index is -0.633. The molecule has 5 heteroatoms. The Labute approximate surface area is 131 Å². The van der Waals surface area contributed by atoms with Gasteiger partial charge in [0, 0.05) is 12.7 Å². The first kappa shape index (κ1) is 15.7. The Morgan fingerprint density at radius 1 is 1.05 bits per heavy atom. The van der Waals surface area contributed by atoms with Crippen LogP contribution < -0.4 is 0 Å². The number of benzene rings is 1. The van der Waals surface area contributed by atoms with Crippen molar-refractivity contribution in [1.82, 2.24) is 0 Å². The predicted molar refractivity (Wildman–Crippen MR) is 85.0 cm³/mol. The van der Waals surface area contributed by atoms with Crippen molar-refractivity contribution in [1.29, 1.82) is 0 Å². The summed E-state index contributed by atoms with van der Waals surface area (Å²) in [4.78, 5) is 34.5. The summed E-state index contributed by atoms with van der Waals surface area (Å²) in [6.45, 7) is 1.19. The van der Waals surface area contributed by atoms with Crippen LogP contribution >= 0.6 is 23.1 Å². The molecule has 0 aliphatic carbocycles. The lowest BCUT2D eigenvalue weighted by Gasteiger charge is -1.98. The molecule has 0 atom stereocenters. The zero-order valence-corrected chi connectivity index (χ0v) is 13.1. The molecule has 0 amide bonds. The van der Waals surface area contributed by atoms with Crippen molar-refractivity contribution < 1.29 is 14.4 Å². The molecule has 0 aliphatic rings. The second-order valence-electron chi connectivity index (χ2n) is 4.47. The largest absolute Gasteiger partial charge is 0.293 e. The van der Waals surface area contributed by atoms with Crippen molar-refractivity contribution in [2.45, 2.75) is 23.3 Å². The van der Waals surface area contributed by atoms with Crippen molar-refractivity contribution in [3.63, 3.8) is 0 Å². The number of ketones is 3. The van der Waals surface area contributed by atoms with Crippen LogP contribution in [-0.2, 0) is 15.3 Å². The standard InChI is InChI=1S/C16H14O3S2/c1-11(17)13(18)9-14(19)15-7-8-16(21-15)20-10-12-5-3-2-4-6-12/h2-8H,9-10H2,1H3. The maximum absolute atomic E-state index is 11.9. The summed E-state index contributed by atoms with van der Waals surface area (Å²) in [6.07, 6.45) is -0.335. The van der Waals surface area contributed by atoms with Crippen LogP contribution in [0.25, 0.3) is 0 Å². The van der Waals surface area contributed by atoms with Gasteiger partial charge in [0.15, 0.2) is 11.6 Å².